The van der Waals surface area contributed by atoms with Crippen molar-refractivity contribution < 1.29 is 18.7 Å². The molecule has 1 aromatic carbocycles. The number of nitrogens with zero attached hydrogens (tertiary/aromatic N) is 3. The van der Waals surface area contributed by atoms with Gasteiger partial charge in [0.15, 0.2) is 0 Å². The Labute approximate surface area is 171 Å². The van der Waals surface area contributed by atoms with E-state index in [1.807, 2.05) is 29.2 Å². The normalized spacial score (nSPS) is 16.5. The SMILES string of the molecule is COCCN(CCOC)CC(=O)N1N=C(c2ccc(C)cc2)C[C@H]1c1ccco1. The predicted molar refractivity (Wildman–Crippen MR) is 111 cm³/mol. The Kier molecular flexibility index (Phi) is 7.57. The summed E-state index contributed by atoms with van der Waals surface area (Å²) < 4.78 is 16.0. The van der Waals surface area contributed by atoms with Gasteiger partial charge in [0.05, 0.1) is 31.7 Å². The van der Waals surface area contributed by atoms with Crippen molar-refractivity contribution in [3.05, 3.63) is 59.5 Å². The van der Waals surface area contributed by atoms with Crippen LogP contribution in [0.15, 0.2) is 52.2 Å². The monoisotopic (exact) mass is 399 g/mol. The van der Waals surface area contributed by atoms with Gasteiger partial charge in [0.1, 0.15) is 11.8 Å². The molecule has 3 rings (SSSR count). The fourth-order valence-electron chi connectivity index (χ4n) is 3.34. The van der Waals surface area contributed by atoms with E-state index < -0.39 is 0 Å². The summed E-state index contributed by atoms with van der Waals surface area (Å²) >= 11 is 0. The first-order chi connectivity index (χ1) is 14.1. The van der Waals surface area contributed by atoms with Crippen LogP contribution in [0.2, 0.25) is 0 Å². The molecule has 156 valence electrons. The summed E-state index contributed by atoms with van der Waals surface area (Å²) in [5.74, 6) is 0.672. The number of rotatable bonds is 10. The molecule has 1 aliphatic rings. The van der Waals surface area contributed by atoms with E-state index in [1.165, 1.54) is 5.56 Å². The summed E-state index contributed by atoms with van der Waals surface area (Å²) in [6, 6.07) is 11.7. The van der Waals surface area contributed by atoms with Crippen LogP contribution in [-0.4, -0.2) is 68.6 Å². The topological polar surface area (TPSA) is 67.5 Å². The number of amides is 1. The molecule has 29 heavy (non-hydrogen) atoms. The van der Waals surface area contributed by atoms with E-state index in [1.54, 1.807) is 25.5 Å². The average Bonchev–Trinajstić information content (AvgIpc) is 3.40. The zero-order chi connectivity index (χ0) is 20.6. The molecule has 1 atom stereocenters. The standard InChI is InChI=1S/C22H29N3O4/c1-17-6-8-18(9-7-17)19-15-20(21-5-4-12-29-21)25(23-19)22(26)16-24(10-13-27-2)11-14-28-3/h4-9,12,20H,10-11,13-16H2,1-3H3/t20-/m0/s1. The van der Waals surface area contributed by atoms with E-state index in [0.29, 0.717) is 32.7 Å². The van der Waals surface area contributed by atoms with Crippen molar-refractivity contribution in [2.75, 3.05) is 47.1 Å². The van der Waals surface area contributed by atoms with Gasteiger partial charge in [-0.05, 0) is 24.6 Å². The van der Waals surface area contributed by atoms with Gasteiger partial charge in [-0.25, -0.2) is 5.01 Å². The number of hydrazone groups is 1. The average molecular weight is 399 g/mol. The smallest absolute Gasteiger partial charge is 0.257 e. The summed E-state index contributed by atoms with van der Waals surface area (Å²) in [6.07, 6.45) is 2.25. The molecule has 1 aromatic heterocycles. The number of benzene rings is 1. The highest BCUT2D eigenvalue weighted by Crippen LogP contribution is 2.33. The molecule has 0 unspecified atom stereocenters. The van der Waals surface area contributed by atoms with Gasteiger partial charge in [-0.2, -0.15) is 5.10 Å². The Morgan fingerprint density at radius 1 is 1.17 bits per heavy atom. The van der Waals surface area contributed by atoms with E-state index >= 15 is 0 Å². The lowest BCUT2D eigenvalue weighted by Crippen LogP contribution is -2.41. The van der Waals surface area contributed by atoms with Crippen LogP contribution in [0.4, 0.5) is 0 Å². The molecular weight excluding hydrogens is 370 g/mol. The number of carbonyl (C=O) groups is 1. The summed E-state index contributed by atoms with van der Waals surface area (Å²) in [6.45, 7) is 4.71. The molecule has 2 heterocycles. The van der Waals surface area contributed by atoms with Crippen LogP contribution in [0.25, 0.3) is 0 Å². The highest BCUT2D eigenvalue weighted by Gasteiger charge is 2.35. The van der Waals surface area contributed by atoms with Crippen LogP contribution in [-0.2, 0) is 14.3 Å². The molecule has 0 saturated heterocycles. The molecule has 0 fully saturated rings. The third-order valence-electron chi connectivity index (χ3n) is 5.00. The van der Waals surface area contributed by atoms with Crippen molar-refractivity contribution in [3.63, 3.8) is 0 Å². The number of furan rings is 1. The second kappa shape index (κ2) is 10.3. The van der Waals surface area contributed by atoms with E-state index in [4.69, 9.17) is 19.0 Å². The molecule has 7 heteroatoms. The zero-order valence-electron chi connectivity index (χ0n) is 17.3. The van der Waals surface area contributed by atoms with Crippen LogP contribution < -0.4 is 0 Å². The maximum Gasteiger partial charge on any atom is 0.257 e. The minimum absolute atomic E-state index is 0.0688. The zero-order valence-corrected chi connectivity index (χ0v) is 17.3. The second-order valence-corrected chi connectivity index (χ2v) is 7.15. The molecule has 0 bridgehead atoms. The molecule has 7 nitrogen and oxygen atoms in total. The molecule has 0 N–H and O–H groups in total. The van der Waals surface area contributed by atoms with Crippen molar-refractivity contribution >= 4 is 11.6 Å². The van der Waals surface area contributed by atoms with Crippen molar-refractivity contribution in [2.24, 2.45) is 5.10 Å². The molecular formula is C22H29N3O4. The van der Waals surface area contributed by atoms with Crippen molar-refractivity contribution in [2.45, 2.75) is 19.4 Å². The van der Waals surface area contributed by atoms with Crippen LogP contribution >= 0.6 is 0 Å². The number of carbonyl (C=O) groups excluding carboxylic acids is 1. The van der Waals surface area contributed by atoms with Crippen LogP contribution in [0.1, 0.15) is 29.3 Å². The van der Waals surface area contributed by atoms with Crippen LogP contribution in [0.3, 0.4) is 0 Å². The van der Waals surface area contributed by atoms with Gasteiger partial charge in [0.25, 0.3) is 5.91 Å². The minimum Gasteiger partial charge on any atom is -0.467 e. The lowest BCUT2D eigenvalue weighted by molar-refractivity contribution is -0.134. The van der Waals surface area contributed by atoms with Crippen LogP contribution in [0, 0.1) is 6.92 Å². The van der Waals surface area contributed by atoms with E-state index in [0.717, 1.165) is 17.0 Å². The lowest BCUT2D eigenvalue weighted by Gasteiger charge is -2.25. The van der Waals surface area contributed by atoms with Gasteiger partial charge in [-0.1, -0.05) is 29.8 Å². The van der Waals surface area contributed by atoms with Gasteiger partial charge in [0.2, 0.25) is 0 Å². The van der Waals surface area contributed by atoms with Gasteiger partial charge in [-0.15, -0.1) is 0 Å². The van der Waals surface area contributed by atoms with E-state index in [9.17, 15) is 4.79 Å². The first kappa shape index (κ1) is 21.2. The Bertz CT molecular complexity index is 794. The third kappa shape index (κ3) is 5.53. The van der Waals surface area contributed by atoms with Gasteiger partial charge >= 0.3 is 0 Å². The first-order valence-corrected chi connectivity index (χ1v) is 9.82. The number of methoxy groups -OCH3 is 2. The Balaban J connectivity index is 1.79. The summed E-state index contributed by atoms with van der Waals surface area (Å²) in [5, 5.41) is 6.26. The molecule has 0 spiro atoms. The number of hydrogen-bond acceptors (Lipinski definition) is 6. The summed E-state index contributed by atoms with van der Waals surface area (Å²) in [7, 11) is 3.31. The van der Waals surface area contributed by atoms with Crippen LogP contribution in [0.5, 0.6) is 0 Å². The molecule has 0 radical (unpaired) electrons. The maximum absolute atomic E-state index is 13.2. The Morgan fingerprint density at radius 2 is 1.86 bits per heavy atom. The van der Waals surface area contributed by atoms with E-state index in [2.05, 4.69) is 19.1 Å². The second-order valence-electron chi connectivity index (χ2n) is 7.15. The molecule has 2 aromatic rings. The largest absolute Gasteiger partial charge is 0.467 e. The molecule has 1 amide bonds. The predicted octanol–water partition coefficient (Wildman–Crippen LogP) is 2.86. The van der Waals surface area contributed by atoms with Gasteiger partial charge in [0, 0.05) is 33.7 Å². The third-order valence-corrected chi connectivity index (χ3v) is 5.00. The van der Waals surface area contributed by atoms with Crippen molar-refractivity contribution in [1.29, 1.82) is 0 Å². The summed E-state index contributed by atoms with van der Waals surface area (Å²) in [5.41, 5.74) is 3.10. The van der Waals surface area contributed by atoms with Crippen molar-refractivity contribution in [1.82, 2.24) is 9.91 Å². The molecule has 1 aliphatic heterocycles. The maximum atomic E-state index is 13.2. The Hall–Kier alpha value is -2.48. The van der Waals surface area contributed by atoms with Gasteiger partial charge < -0.3 is 13.9 Å². The highest BCUT2D eigenvalue weighted by atomic mass is 16.5. The molecule has 0 aliphatic carbocycles. The lowest BCUT2D eigenvalue weighted by atomic mass is 10.0. The number of hydrogen-bond donors (Lipinski definition) is 0. The highest BCUT2D eigenvalue weighted by molar-refractivity contribution is 6.03. The number of aryl methyl sites for hydroxylation is 1. The quantitative estimate of drug-likeness (QED) is 0.615. The summed E-state index contributed by atoms with van der Waals surface area (Å²) in [4.78, 5) is 15.2. The molecule has 0 saturated carbocycles. The Morgan fingerprint density at radius 3 is 2.45 bits per heavy atom. The number of ether oxygens (including phenoxy) is 2. The fraction of sp³-hybridized carbons (Fsp3) is 0.455. The first-order valence-electron chi connectivity index (χ1n) is 9.82. The van der Waals surface area contributed by atoms with Crippen molar-refractivity contribution in [3.8, 4) is 0 Å². The fourth-order valence-corrected chi connectivity index (χ4v) is 3.34. The minimum atomic E-state index is -0.236. The van der Waals surface area contributed by atoms with E-state index in [-0.39, 0.29) is 18.5 Å². The van der Waals surface area contributed by atoms with Gasteiger partial charge in [-0.3, -0.25) is 9.69 Å².